The molecule has 0 saturated heterocycles. The molecule has 0 atom stereocenters. The number of benzene rings is 1. The fraction of sp³-hybridized carbons (Fsp3) is 0.250. The first-order valence-electron chi connectivity index (χ1n) is 3.64. The Kier molecular flexibility index (Phi) is 4.91. The fourth-order valence-corrected chi connectivity index (χ4v) is 3.04. The standard InChI is InChI=1S/C8H9S.BrH.Mg/c1-2-9-8-6-4-3-5-7-8;;/h4-7H,2H2,1H3;1H;/q;;+1/p-1. The molecule has 1 aromatic rings. The lowest BCUT2D eigenvalue weighted by molar-refractivity contribution is 1.44. The maximum Gasteiger partial charge on any atom is 0.506 e. The fourth-order valence-electron chi connectivity index (χ4n) is 0.841. The predicted octanol–water partition coefficient (Wildman–Crippen LogP) is 2.44. The highest BCUT2D eigenvalue weighted by Crippen LogP contribution is 2.14. The highest BCUT2D eigenvalue weighted by Gasteiger charge is 1.94. The Morgan fingerprint density at radius 3 is 2.45 bits per heavy atom. The molecule has 0 amide bonds. The summed E-state index contributed by atoms with van der Waals surface area (Å²) in [6.45, 7) is 2.18. The van der Waals surface area contributed by atoms with E-state index in [0.29, 0.717) is 0 Å². The zero-order valence-corrected chi connectivity index (χ0v) is 10.3. The van der Waals surface area contributed by atoms with Crippen LogP contribution in [0.1, 0.15) is 6.92 Å². The Hall–Kier alpha value is 0.816. The van der Waals surface area contributed by atoms with Crippen molar-refractivity contribution in [1.82, 2.24) is 0 Å². The number of halogens is 1. The Bertz CT molecular complexity index is 210. The van der Waals surface area contributed by atoms with Gasteiger partial charge in [-0.25, -0.2) is 0 Å². The van der Waals surface area contributed by atoms with Crippen LogP contribution in [0, 0.1) is 0 Å². The van der Waals surface area contributed by atoms with E-state index in [1.807, 2.05) is 11.8 Å². The van der Waals surface area contributed by atoms with E-state index in [4.69, 9.17) is 0 Å². The molecule has 0 aliphatic rings. The second-order valence-corrected chi connectivity index (χ2v) is 6.31. The van der Waals surface area contributed by atoms with E-state index in [0.717, 1.165) is 5.75 Å². The van der Waals surface area contributed by atoms with Crippen molar-refractivity contribution >= 4 is 46.5 Å². The molecule has 0 aliphatic carbocycles. The van der Waals surface area contributed by atoms with Gasteiger partial charge in [-0.1, -0.05) is 31.2 Å². The molecular formula is C8H9BrMgS. The van der Waals surface area contributed by atoms with Crippen LogP contribution in [-0.4, -0.2) is 23.9 Å². The first-order valence-corrected chi connectivity index (χ1v) is 9.23. The van der Waals surface area contributed by atoms with Crippen LogP contribution < -0.4 is 3.69 Å². The van der Waals surface area contributed by atoms with Crippen molar-refractivity contribution < 1.29 is 0 Å². The van der Waals surface area contributed by atoms with Crippen molar-refractivity contribution in [3.05, 3.63) is 24.3 Å². The predicted molar refractivity (Wildman–Crippen MR) is 57.2 cm³/mol. The third-order valence-corrected chi connectivity index (χ3v) is 5.01. The van der Waals surface area contributed by atoms with E-state index in [-0.39, 0.29) is 18.2 Å². The quantitative estimate of drug-likeness (QED) is 0.578. The summed E-state index contributed by atoms with van der Waals surface area (Å²) in [5, 5.41) is 0. The zero-order valence-electron chi connectivity index (χ0n) is 6.51. The van der Waals surface area contributed by atoms with Gasteiger partial charge in [0.05, 0.1) is 0 Å². The van der Waals surface area contributed by atoms with Crippen LogP contribution in [0.5, 0.6) is 0 Å². The van der Waals surface area contributed by atoms with Crippen LogP contribution in [0.25, 0.3) is 0 Å². The number of rotatable bonds is 3. The van der Waals surface area contributed by atoms with Crippen LogP contribution in [0.15, 0.2) is 29.2 Å². The first kappa shape index (κ1) is 9.90. The molecule has 0 N–H and O–H groups in total. The monoisotopic (exact) mass is 240 g/mol. The summed E-state index contributed by atoms with van der Waals surface area (Å²) in [4.78, 5) is 1.38. The molecule has 1 aromatic carbocycles. The zero-order chi connectivity index (χ0) is 8.10. The van der Waals surface area contributed by atoms with Crippen molar-refractivity contribution in [1.29, 1.82) is 0 Å². The third-order valence-electron chi connectivity index (χ3n) is 1.39. The summed E-state index contributed by atoms with van der Waals surface area (Å²) in [7, 11) is 0. The van der Waals surface area contributed by atoms with Gasteiger partial charge >= 0.3 is 18.2 Å². The van der Waals surface area contributed by atoms with E-state index in [1.54, 1.807) is 0 Å². The number of hydrogen-bond acceptors (Lipinski definition) is 1. The average Bonchev–Trinajstić information content (AvgIpc) is 2.07. The second-order valence-electron chi connectivity index (χ2n) is 2.21. The van der Waals surface area contributed by atoms with Gasteiger partial charge in [-0.2, -0.15) is 3.69 Å². The molecule has 0 aliphatic heterocycles. The molecule has 0 fully saturated rings. The Labute approximate surface area is 87.7 Å². The van der Waals surface area contributed by atoms with Crippen molar-refractivity contribution in [3.8, 4) is 0 Å². The van der Waals surface area contributed by atoms with Gasteiger partial charge in [0.1, 0.15) is 0 Å². The molecule has 3 heteroatoms. The summed E-state index contributed by atoms with van der Waals surface area (Å²) < 4.78 is 1.48. The molecule has 0 heterocycles. The van der Waals surface area contributed by atoms with Crippen LogP contribution in [-0.2, 0) is 0 Å². The van der Waals surface area contributed by atoms with Gasteiger partial charge in [0.15, 0.2) is 0 Å². The summed E-state index contributed by atoms with van der Waals surface area (Å²) >= 11 is 5.31. The maximum atomic E-state index is 3.55. The minimum Gasteiger partial charge on any atom is -0.296 e. The van der Waals surface area contributed by atoms with Crippen molar-refractivity contribution in [2.24, 2.45) is 0 Å². The van der Waals surface area contributed by atoms with Crippen molar-refractivity contribution in [2.45, 2.75) is 11.8 Å². The summed E-state index contributed by atoms with van der Waals surface area (Å²) in [6.07, 6.45) is 0. The van der Waals surface area contributed by atoms with Gasteiger partial charge in [-0.3, -0.25) is 12.9 Å². The second kappa shape index (κ2) is 5.46. The SMILES string of the molecule is CCSc1cc[c]([Mg][Br])cc1. The van der Waals surface area contributed by atoms with E-state index >= 15 is 0 Å². The van der Waals surface area contributed by atoms with Gasteiger partial charge in [-0.15, -0.1) is 11.8 Å². The van der Waals surface area contributed by atoms with Gasteiger partial charge in [0.2, 0.25) is 0 Å². The summed E-state index contributed by atoms with van der Waals surface area (Å²) in [5.41, 5.74) is 0. The molecule has 56 valence electrons. The molecule has 0 bridgehead atoms. The third kappa shape index (κ3) is 3.36. The van der Waals surface area contributed by atoms with Gasteiger partial charge in [0.25, 0.3) is 0 Å². The Balaban J connectivity index is 2.66. The highest BCUT2D eigenvalue weighted by molar-refractivity contribution is 9.23. The van der Waals surface area contributed by atoms with E-state index in [1.165, 1.54) is 8.59 Å². The molecule has 0 saturated carbocycles. The molecule has 0 radical (unpaired) electrons. The minimum atomic E-state index is -0.135. The smallest absolute Gasteiger partial charge is 0.296 e. The topological polar surface area (TPSA) is 0 Å². The molecule has 0 aromatic heterocycles. The lowest BCUT2D eigenvalue weighted by atomic mass is 10.4. The molecule has 1 rings (SSSR count). The summed E-state index contributed by atoms with van der Waals surface area (Å²) in [5.74, 6) is 1.16. The van der Waals surface area contributed by atoms with Crippen LogP contribution in [0.4, 0.5) is 0 Å². The van der Waals surface area contributed by atoms with Crippen LogP contribution in [0.2, 0.25) is 0 Å². The number of hydrogen-bond donors (Lipinski definition) is 0. The molecule has 0 spiro atoms. The van der Waals surface area contributed by atoms with Crippen LogP contribution in [0.3, 0.4) is 0 Å². The average molecular weight is 241 g/mol. The first-order chi connectivity index (χ1) is 5.36. The highest BCUT2D eigenvalue weighted by atomic mass is 79.9. The molecular weight excluding hydrogens is 232 g/mol. The van der Waals surface area contributed by atoms with Gasteiger partial charge in [-0.05, 0) is 5.75 Å². The normalized spacial score (nSPS) is 9.27. The van der Waals surface area contributed by atoms with Crippen molar-refractivity contribution in [3.63, 3.8) is 0 Å². The van der Waals surface area contributed by atoms with Crippen molar-refractivity contribution in [2.75, 3.05) is 5.75 Å². The maximum absolute atomic E-state index is 3.55. The lowest BCUT2D eigenvalue weighted by Crippen LogP contribution is -2.06. The largest absolute Gasteiger partial charge is 0.506 e. The van der Waals surface area contributed by atoms with E-state index in [2.05, 4.69) is 44.1 Å². The van der Waals surface area contributed by atoms with E-state index in [9.17, 15) is 0 Å². The Morgan fingerprint density at radius 2 is 2.00 bits per heavy atom. The lowest BCUT2D eigenvalue weighted by Gasteiger charge is -1.98. The molecule has 0 nitrogen and oxygen atoms in total. The minimum absolute atomic E-state index is 0.135. The molecule has 11 heavy (non-hydrogen) atoms. The van der Waals surface area contributed by atoms with E-state index < -0.39 is 0 Å². The van der Waals surface area contributed by atoms with Gasteiger partial charge < -0.3 is 0 Å². The van der Waals surface area contributed by atoms with Gasteiger partial charge in [0, 0.05) is 4.90 Å². The summed E-state index contributed by atoms with van der Waals surface area (Å²) in [6, 6.07) is 8.85. The number of thioether (sulfide) groups is 1. The Morgan fingerprint density at radius 1 is 1.36 bits per heavy atom. The molecule has 0 unspecified atom stereocenters. The van der Waals surface area contributed by atoms with Crippen LogP contribution >= 0.6 is 24.6 Å².